The van der Waals surface area contributed by atoms with Crippen LogP contribution in [-0.4, -0.2) is 35.6 Å². The summed E-state index contributed by atoms with van der Waals surface area (Å²) in [6.07, 6.45) is 6.08. The molecule has 0 spiro atoms. The highest BCUT2D eigenvalue weighted by Gasteiger charge is 2.25. The van der Waals surface area contributed by atoms with Gasteiger partial charge in [0.2, 0.25) is 5.91 Å². The molecule has 0 saturated heterocycles. The molecule has 0 radical (unpaired) electrons. The largest absolute Gasteiger partial charge is 0.480 e. The molecule has 0 heterocycles. The molecule has 5 heteroatoms. The minimum absolute atomic E-state index is 0.0371. The van der Waals surface area contributed by atoms with Crippen LogP contribution < -0.4 is 10.6 Å². The standard InChI is InChI=1S/C24H36N2O3/c1-16(2)21(15-18-13-19-9-5-6-10-20(19)14-18)23(27)25-12-8-7-11-22(24(28)29)26-17(3)4/h5-6,9-10,13,16-17,21-22,26H,7-8,11-12,14-15H2,1-4H3,(H,25,27)(H,28,29)/t21-,22-/m0/s1. The van der Waals surface area contributed by atoms with E-state index in [1.165, 1.54) is 16.7 Å². The van der Waals surface area contributed by atoms with Gasteiger partial charge in [0.1, 0.15) is 6.04 Å². The van der Waals surface area contributed by atoms with E-state index in [9.17, 15) is 14.7 Å². The Kier molecular flexibility index (Phi) is 8.90. The van der Waals surface area contributed by atoms with Gasteiger partial charge in [0.15, 0.2) is 0 Å². The summed E-state index contributed by atoms with van der Waals surface area (Å²) in [5.74, 6) is -0.475. The summed E-state index contributed by atoms with van der Waals surface area (Å²) in [6.45, 7) is 8.68. The van der Waals surface area contributed by atoms with E-state index in [1.54, 1.807) is 0 Å². The molecule has 5 nitrogen and oxygen atoms in total. The first-order valence-electron chi connectivity index (χ1n) is 10.8. The van der Waals surface area contributed by atoms with Crippen LogP contribution in [0.25, 0.3) is 6.08 Å². The van der Waals surface area contributed by atoms with Crippen molar-refractivity contribution in [2.24, 2.45) is 11.8 Å². The van der Waals surface area contributed by atoms with Crippen LogP contribution in [0.5, 0.6) is 0 Å². The third-order valence-electron chi connectivity index (χ3n) is 5.51. The first-order valence-corrected chi connectivity index (χ1v) is 10.8. The molecule has 3 N–H and O–H groups in total. The number of allylic oxidation sites excluding steroid dienone is 1. The molecule has 0 aliphatic heterocycles. The number of aliphatic carboxylic acids is 1. The van der Waals surface area contributed by atoms with Crippen molar-refractivity contribution in [2.45, 2.75) is 71.9 Å². The van der Waals surface area contributed by atoms with Crippen molar-refractivity contribution in [1.82, 2.24) is 10.6 Å². The summed E-state index contributed by atoms with van der Waals surface area (Å²) in [5.41, 5.74) is 3.94. The van der Waals surface area contributed by atoms with E-state index >= 15 is 0 Å². The number of unbranched alkanes of at least 4 members (excludes halogenated alkanes) is 1. The Bertz CT molecular complexity index is 725. The molecule has 0 bridgehead atoms. The number of carboxylic acid groups (broad SMARTS) is 1. The van der Waals surface area contributed by atoms with Gasteiger partial charge in [-0.05, 0) is 49.1 Å². The van der Waals surface area contributed by atoms with Crippen LogP contribution in [0.2, 0.25) is 0 Å². The number of carboxylic acids is 1. The molecular formula is C24H36N2O3. The van der Waals surface area contributed by atoms with Crippen LogP contribution in [0.15, 0.2) is 29.8 Å². The molecule has 1 aliphatic carbocycles. The lowest BCUT2D eigenvalue weighted by atomic mass is 9.87. The summed E-state index contributed by atoms with van der Waals surface area (Å²) in [5, 5.41) is 15.4. The number of hydrogen-bond acceptors (Lipinski definition) is 3. The molecule has 29 heavy (non-hydrogen) atoms. The van der Waals surface area contributed by atoms with Crippen LogP contribution in [0, 0.1) is 11.8 Å². The number of nitrogens with one attached hydrogen (secondary N) is 2. The number of benzene rings is 1. The van der Waals surface area contributed by atoms with E-state index in [2.05, 4.69) is 54.8 Å². The zero-order valence-corrected chi connectivity index (χ0v) is 18.2. The van der Waals surface area contributed by atoms with E-state index in [1.807, 2.05) is 13.8 Å². The molecule has 2 atom stereocenters. The van der Waals surface area contributed by atoms with E-state index in [4.69, 9.17) is 0 Å². The quantitative estimate of drug-likeness (QED) is 0.463. The monoisotopic (exact) mass is 400 g/mol. The predicted molar refractivity (Wildman–Crippen MR) is 118 cm³/mol. The number of rotatable bonds is 12. The molecule has 0 fully saturated rings. The second-order valence-corrected chi connectivity index (χ2v) is 8.73. The average molecular weight is 401 g/mol. The van der Waals surface area contributed by atoms with Crippen molar-refractivity contribution in [3.8, 4) is 0 Å². The first-order chi connectivity index (χ1) is 13.8. The lowest BCUT2D eigenvalue weighted by Gasteiger charge is -2.21. The molecule has 0 unspecified atom stereocenters. The molecule has 1 amide bonds. The lowest BCUT2D eigenvalue weighted by molar-refractivity contribution is -0.140. The van der Waals surface area contributed by atoms with Gasteiger partial charge in [0.25, 0.3) is 0 Å². The van der Waals surface area contributed by atoms with E-state index in [-0.39, 0.29) is 23.8 Å². The van der Waals surface area contributed by atoms with Gasteiger partial charge in [-0.2, -0.15) is 0 Å². The summed E-state index contributed by atoms with van der Waals surface area (Å²) in [4.78, 5) is 24.0. The Labute approximate surface area is 175 Å². The van der Waals surface area contributed by atoms with Crippen LogP contribution in [0.3, 0.4) is 0 Å². The van der Waals surface area contributed by atoms with Crippen molar-refractivity contribution in [3.63, 3.8) is 0 Å². The van der Waals surface area contributed by atoms with Crippen molar-refractivity contribution in [2.75, 3.05) is 6.54 Å². The van der Waals surface area contributed by atoms with Gasteiger partial charge in [-0.3, -0.25) is 9.59 Å². The molecule has 1 aromatic rings. The van der Waals surface area contributed by atoms with E-state index in [0.717, 1.165) is 25.7 Å². The fourth-order valence-corrected chi connectivity index (χ4v) is 3.89. The fraction of sp³-hybridized carbons (Fsp3) is 0.583. The maximum Gasteiger partial charge on any atom is 0.320 e. The molecule has 160 valence electrons. The maximum atomic E-state index is 12.8. The van der Waals surface area contributed by atoms with Gasteiger partial charge < -0.3 is 15.7 Å². The Morgan fingerprint density at radius 2 is 1.83 bits per heavy atom. The Morgan fingerprint density at radius 1 is 1.10 bits per heavy atom. The number of hydrogen-bond donors (Lipinski definition) is 3. The molecule has 0 saturated carbocycles. The number of fused-ring (bicyclic) bond motifs is 1. The van der Waals surface area contributed by atoms with Crippen molar-refractivity contribution < 1.29 is 14.7 Å². The summed E-state index contributed by atoms with van der Waals surface area (Å²) < 4.78 is 0. The third kappa shape index (κ3) is 7.32. The SMILES string of the molecule is CC(C)N[C@@H](CCCCNC(=O)[C@@H](CC1=Cc2ccccc2C1)C(C)C)C(=O)O. The predicted octanol–water partition coefficient (Wildman–Crippen LogP) is 4.03. The topological polar surface area (TPSA) is 78.4 Å². The number of carbonyl (C=O) groups is 2. The Hall–Kier alpha value is -2.14. The van der Waals surface area contributed by atoms with E-state index in [0.29, 0.717) is 13.0 Å². The Morgan fingerprint density at radius 3 is 2.45 bits per heavy atom. The molecule has 2 rings (SSSR count). The highest BCUT2D eigenvalue weighted by molar-refractivity contribution is 5.79. The average Bonchev–Trinajstić information content (AvgIpc) is 3.06. The lowest BCUT2D eigenvalue weighted by Crippen LogP contribution is -2.41. The zero-order valence-electron chi connectivity index (χ0n) is 18.2. The minimum Gasteiger partial charge on any atom is -0.480 e. The third-order valence-corrected chi connectivity index (χ3v) is 5.51. The second kappa shape index (κ2) is 11.1. The van der Waals surface area contributed by atoms with Crippen LogP contribution in [0.1, 0.15) is 64.5 Å². The maximum absolute atomic E-state index is 12.8. The summed E-state index contributed by atoms with van der Waals surface area (Å²) in [7, 11) is 0. The summed E-state index contributed by atoms with van der Waals surface area (Å²) in [6, 6.07) is 8.01. The van der Waals surface area contributed by atoms with Crippen molar-refractivity contribution in [3.05, 3.63) is 41.0 Å². The van der Waals surface area contributed by atoms with Crippen LogP contribution in [0.4, 0.5) is 0 Å². The van der Waals surface area contributed by atoms with Gasteiger partial charge in [-0.15, -0.1) is 0 Å². The first kappa shape index (κ1) is 23.1. The molecular weight excluding hydrogens is 364 g/mol. The Balaban J connectivity index is 1.77. The number of amides is 1. The molecule has 1 aromatic carbocycles. The van der Waals surface area contributed by atoms with Gasteiger partial charge >= 0.3 is 5.97 Å². The van der Waals surface area contributed by atoms with Gasteiger partial charge in [-0.25, -0.2) is 0 Å². The zero-order chi connectivity index (χ0) is 21.4. The van der Waals surface area contributed by atoms with Crippen molar-refractivity contribution >= 4 is 18.0 Å². The summed E-state index contributed by atoms with van der Waals surface area (Å²) >= 11 is 0. The van der Waals surface area contributed by atoms with E-state index < -0.39 is 12.0 Å². The highest BCUT2D eigenvalue weighted by Crippen LogP contribution is 2.31. The number of carbonyl (C=O) groups excluding carboxylic acids is 1. The highest BCUT2D eigenvalue weighted by atomic mass is 16.4. The molecule has 1 aliphatic rings. The van der Waals surface area contributed by atoms with Gasteiger partial charge in [0, 0.05) is 18.5 Å². The van der Waals surface area contributed by atoms with Crippen LogP contribution in [-0.2, 0) is 16.0 Å². The normalized spacial score (nSPS) is 15.2. The van der Waals surface area contributed by atoms with Gasteiger partial charge in [0.05, 0.1) is 0 Å². The van der Waals surface area contributed by atoms with Gasteiger partial charge in [-0.1, -0.05) is 63.6 Å². The minimum atomic E-state index is -0.812. The second-order valence-electron chi connectivity index (χ2n) is 8.73. The smallest absolute Gasteiger partial charge is 0.320 e. The fourth-order valence-electron chi connectivity index (χ4n) is 3.89. The van der Waals surface area contributed by atoms with Crippen molar-refractivity contribution in [1.29, 1.82) is 0 Å². The molecule has 0 aromatic heterocycles. The van der Waals surface area contributed by atoms with Crippen LogP contribution >= 0.6 is 0 Å².